The Balaban J connectivity index is 2.16. The lowest BCUT2D eigenvalue weighted by Crippen LogP contribution is -2.03. The summed E-state index contributed by atoms with van der Waals surface area (Å²) in [5.41, 5.74) is 6.48. The summed E-state index contributed by atoms with van der Waals surface area (Å²) in [6.07, 6.45) is 1.53. The summed E-state index contributed by atoms with van der Waals surface area (Å²) < 4.78 is 13.2. The minimum absolute atomic E-state index is 0.152. The number of nitrogen functional groups attached to an aromatic ring is 1. The fourth-order valence-corrected chi connectivity index (χ4v) is 2.52. The SMILES string of the molecule is Nc1cc(F)cc(SCc2ncccc2C(=O)O)c1. The first-order chi connectivity index (χ1) is 9.06. The summed E-state index contributed by atoms with van der Waals surface area (Å²) in [6.45, 7) is 0. The van der Waals surface area contributed by atoms with Crippen molar-refractivity contribution in [2.24, 2.45) is 0 Å². The first-order valence-electron chi connectivity index (χ1n) is 5.42. The third-order valence-electron chi connectivity index (χ3n) is 2.39. The van der Waals surface area contributed by atoms with Gasteiger partial charge in [-0.05, 0) is 30.3 Å². The van der Waals surface area contributed by atoms with E-state index in [2.05, 4.69) is 4.98 Å². The van der Waals surface area contributed by atoms with Crippen LogP contribution in [0.4, 0.5) is 10.1 Å². The number of carbonyl (C=O) groups is 1. The molecule has 2 rings (SSSR count). The largest absolute Gasteiger partial charge is 0.478 e. The van der Waals surface area contributed by atoms with Crippen LogP contribution in [0.5, 0.6) is 0 Å². The molecule has 2 aromatic rings. The molecule has 0 radical (unpaired) electrons. The summed E-state index contributed by atoms with van der Waals surface area (Å²) in [5.74, 6) is -1.10. The van der Waals surface area contributed by atoms with Crippen molar-refractivity contribution in [1.29, 1.82) is 0 Å². The van der Waals surface area contributed by atoms with E-state index in [0.29, 0.717) is 22.0 Å². The van der Waals surface area contributed by atoms with Crippen molar-refractivity contribution in [3.05, 3.63) is 53.6 Å². The molecule has 0 bridgehead atoms. The van der Waals surface area contributed by atoms with Gasteiger partial charge in [0.1, 0.15) is 5.82 Å². The Morgan fingerprint density at radius 2 is 2.21 bits per heavy atom. The fraction of sp³-hybridized carbons (Fsp3) is 0.0769. The molecular formula is C13H11FN2O2S. The molecule has 4 nitrogen and oxygen atoms in total. The van der Waals surface area contributed by atoms with E-state index in [-0.39, 0.29) is 5.56 Å². The van der Waals surface area contributed by atoms with Crippen LogP contribution < -0.4 is 5.73 Å². The Morgan fingerprint density at radius 3 is 2.89 bits per heavy atom. The van der Waals surface area contributed by atoms with Gasteiger partial charge in [-0.1, -0.05) is 0 Å². The van der Waals surface area contributed by atoms with Crippen LogP contribution in [0.25, 0.3) is 0 Å². The molecule has 0 aliphatic carbocycles. The highest BCUT2D eigenvalue weighted by atomic mass is 32.2. The number of halogens is 1. The number of nitrogens with zero attached hydrogens (tertiary/aromatic N) is 1. The average molecular weight is 278 g/mol. The summed E-state index contributed by atoms with van der Waals surface area (Å²) >= 11 is 1.29. The van der Waals surface area contributed by atoms with Crippen molar-refractivity contribution in [2.75, 3.05) is 5.73 Å². The Hall–Kier alpha value is -2.08. The number of pyridine rings is 1. The van der Waals surface area contributed by atoms with Gasteiger partial charge >= 0.3 is 5.97 Å². The Labute approximate surface area is 113 Å². The topological polar surface area (TPSA) is 76.2 Å². The predicted octanol–water partition coefficient (Wildman–Crippen LogP) is 2.79. The van der Waals surface area contributed by atoms with Gasteiger partial charge in [0.05, 0.1) is 11.3 Å². The molecule has 1 aromatic heterocycles. The third kappa shape index (κ3) is 3.45. The van der Waals surface area contributed by atoms with Crippen molar-refractivity contribution in [1.82, 2.24) is 4.98 Å². The van der Waals surface area contributed by atoms with E-state index in [4.69, 9.17) is 10.8 Å². The second-order valence-corrected chi connectivity index (χ2v) is 4.86. The molecule has 3 N–H and O–H groups in total. The van der Waals surface area contributed by atoms with Crippen molar-refractivity contribution in [2.45, 2.75) is 10.6 Å². The van der Waals surface area contributed by atoms with Crippen molar-refractivity contribution in [3.8, 4) is 0 Å². The molecule has 98 valence electrons. The number of carboxylic acids is 1. The summed E-state index contributed by atoms with van der Waals surface area (Å²) in [6, 6.07) is 7.28. The van der Waals surface area contributed by atoms with Crippen molar-refractivity contribution >= 4 is 23.4 Å². The van der Waals surface area contributed by atoms with Gasteiger partial charge in [-0.15, -0.1) is 11.8 Å². The number of rotatable bonds is 4. The van der Waals surface area contributed by atoms with Crippen LogP contribution in [-0.2, 0) is 5.75 Å². The molecule has 0 aliphatic rings. The fourth-order valence-electron chi connectivity index (χ4n) is 1.57. The van der Waals surface area contributed by atoms with Crippen LogP contribution in [0.15, 0.2) is 41.4 Å². The van der Waals surface area contributed by atoms with E-state index in [9.17, 15) is 9.18 Å². The van der Waals surface area contributed by atoms with E-state index < -0.39 is 11.8 Å². The number of aromatic nitrogens is 1. The van der Waals surface area contributed by atoms with Crippen LogP contribution in [0, 0.1) is 5.82 Å². The first-order valence-corrected chi connectivity index (χ1v) is 6.41. The highest BCUT2D eigenvalue weighted by Gasteiger charge is 2.11. The third-order valence-corrected chi connectivity index (χ3v) is 3.38. The Kier molecular flexibility index (Phi) is 4.01. The maximum atomic E-state index is 13.2. The second kappa shape index (κ2) is 5.71. The maximum Gasteiger partial charge on any atom is 0.337 e. The van der Waals surface area contributed by atoms with Gasteiger partial charge in [-0.3, -0.25) is 4.98 Å². The summed E-state index contributed by atoms with van der Waals surface area (Å²) in [5, 5.41) is 9.02. The molecule has 0 unspecified atom stereocenters. The molecule has 0 aliphatic heterocycles. The number of carboxylic acid groups (broad SMARTS) is 1. The van der Waals surface area contributed by atoms with Crippen LogP contribution in [-0.4, -0.2) is 16.1 Å². The average Bonchev–Trinajstić information content (AvgIpc) is 2.35. The van der Waals surface area contributed by atoms with Gasteiger partial charge in [0.15, 0.2) is 0 Å². The molecule has 0 saturated carbocycles. The van der Waals surface area contributed by atoms with Crippen LogP contribution >= 0.6 is 11.8 Å². The van der Waals surface area contributed by atoms with E-state index in [0.717, 1.165) is 0 Å². The van der Waals surface area contributed by atoms with Crippen molar-refractivity contribution < 1.29 is 14.3 Å². The van der Waals surface area contributed by atoms with Crippen LogP contribution in [0.1, 0.15) is 16.1 Å². The van der Waals surface area contributed by atoms with Gasteiger partial charge in [0.25, 0.3) is 0 Å². The van der Waals surface area contributed by atoms with E-state index in [1.165, 1.54) is 36.2 Å². The number of aromatic carboxylic acids is 1. The quantitative estimate of drug-likeness (QED) is 0.664. The lowest BCUT2D eigenvalue weighted by atomic mass is 10.2. The number of anilines is 1. The zero-order valence-electron chi connectivity index (χ0n) is 9.84. The minimum atomic E-state index is -1.03. The highest BCUT2D eigenvalue weighted by molar-refractivity contribution is 7.98. The van der Waals surface area contributed by atoms with E-state index in [1.807, 2.05) is 0 Å². The summed E-state index contributed by atoms with van der Waals surface area (Å²) in [4.78, 5) is 15.7. The predicted molar refractivity (Wildman–Crippen MR) is 71.6 cm³/mol. The van der Waals surface area contributed by atoms with Crippen LogP contribution in [0.3, 0.4) is 0 Å². The number of nitrogens with two attached hydrogens (primary N) is 1. The molecule has 0 saturated heterocycles. The Bertz CT molecular complexity index is 599. The lowest BCUT2D eigenvalue weighted by molar-refractivity contribution is 0.0695. The second-order valence-electron chi connectivity index (χ2n) is 3.81. The number of hydrogen-bond donors (Lipinski definition) is 2. The molecule has 19 heavy (non-hydrogen) atoms. The Morgan fingerprint density at radius 1 is 1.42 bits per heavy atom. The van der Waals surface area contributed by atoms with Crippen molar-refractivity contribution in [3.63, 3.8) is 0 Å². The lowest BCUT2D eigenvalue weighted by Gasteiger charge is -2.05. The maximum absolute atomic E-state index is 13.2. The molecule has 6 heteroatoms. The zero-order valence-corrected chi connectivity index (χ0v) is 10.7. The van der Waals surface area contributed by atoms with Gasteiger partial charge in [-0.25, -0.2) is 9.18 Å². The molecule has 1 aromatic carbocycles. The number of hydrogen-bond acceptors (Lipinski definition) is 4. The monoisotopic (exact) mass is 278 g/mol. The van der Waals surface area contributed by atoms with Gasteiger partial charge in [0, 0.05) is 22.5 Å². The standard InChI is InChI=1S/C13H11FN2O2S/c14-8-4-9(15)6-10(5-8)19-7-12-11(13(17)18)2-1-3-16-12/h1-6H,7,15H2,(H,17,18). The smallest absolute Gasteiger partial charge is 0.337 e. The molecule has 0 fully saturated rings. The van der Waals surface area contributed by atoms with Crippen LogP contribution in [0.2, 0.25) is 0 Å². The van der Waals surface area contributed by atoms with E-state index in [1.54, 1.807) is 12.1 Å². The molecule has 1 heterocycles. The number of thioether (sulfide) groups is 1. The molecule has 0 amide bonds. The van der Waals surface area contributed by atoms with Gasteiger partial charge < -0.3 is 10.8 Å². The normalized spacial score (nSPS) is 10.4. The summed E-state index contributed by atoms with van der Waals surface area (Å²) in [7, 11) is 0. The number of benzene rings is 1. The molecule has 0 spiro atoms. The zero-order chi connectivity index (χ0) is 13.8. The van der Waals surface area contributed by atoms with Gasteiger partial charge in [0.2, 0.25) is 0 Å². The van der Waals surface area contributed by atoms with E-state index >= 15 is 0 Å². The van der Waals surface area contributed by atoms with Gasteiger partial charge in [-0.2, -0.15) is 0 Å². The highest BCUT2D eigenvalue weighted by Crippen LogP contribution is 2.26. The minimum Gasteiger partial charge on any atom is -0.478 e. The molecule has 0 atom stereocenters. The first kappa shape index (κ1) is 13.4. The molecular weight excluding hydrogens is 267 g/mol.